The van der Waals surface area contributed by atoms with Crippen LogP contribution < -0.4 is 5.73 Å². The van der Waals surface area contributed by atoms with E-state index < -0.39 is 0 Å². The molecular weight excluding hydrogens is 200 g/mol. The van der Waals surface area contributed by atoms with E-state index in [1.54, 1.807) is 6.07 Å². The van der Waals surface area contributed by atoms with Crippen LogP contribution in [-0.2, 0) is 0 Å². The van der Waals surface area contributed by atoms with Gasteiger partial charge in [0.1, 0.15) is 5.75 Å². The second-order valence-electron chi connectivity index (χ2n) is 4.71. The standard InChI is InChI=1S/C13H20N2O/c1-15-8-6-10(12(14)7-9-15)11-4-2-3-5-13(11)16/h2-5,10,12,16H,6-9,14H2,1H3. The topological polar surface area (TPSA) is 49.5 Å². The first-order valence-electron chi connectivity index (χ1n) is 5.90. The van der Waals surface area contributed by atoms with E-state index in [-0.39, 0.29) is 12.0 Å². The average Bonchev–Trinajstić information content (AvgIpc) is 2.43. The quantitative estimate of drug-likeness (QED) is 0.754. The number of aromatic hydroxyl groups is 1. The van der Waals surface area contributed by atoms with Gasteiger partial charge in [0.05, 0.1) is 0 Å². The van der Waals surface area contributed by atoms with E-state index in [4.69, 9.17) is 5.73 Å². The third-order valence-corrected chi connectivity index (χ3v) is 3.52. The maximum Gasteiger partial charge on any atom is 0.119 e. The first-order valence-corrected chi connectivity index (χ1v) is 5.90. The van der Waals surface area contributed by atoms with Gasteiger partial charge in [-0.25, -0.2) is 0 Å². The molecule has 3 N–H and O–H groups in total. The minimum atomic E-state index is 0.151. The Kier molecular flexibility index (Phi) is 3.46. The summed E-state index contributed by atoms with van der Waals surface area (Å²) in [6, 6.07) is 7.71. The molecule has 2 rings (SSSR count). The summed E-state index contributed by atoms with van der Waals surface area (Å²) in [5.74, 6) is 0.665. The van der Waals surface area contributed by atoms with E-state index in [2.05, 4.69) is 11.9 Å². The van der Waals surface area contributed by atoms with Crippen LogP contribution in [0.5, 0.6) is 5.75 Å². The van der Waals surface area contributed by atoms with E-state index in [0.29, 0.717) is 5.75 Å². The molecule has 0 amide bonds. The summed E-state index contributed by atoms with van der Waals surface area (Å²) in [7, 11) is 2.12. The van der Waals surface area contributed by atoms with Gasteiger partial charge in [0.15, 0.2) is 0 Å². The lowest BCUT2D eigenvalue weighted by Gasteiger charge is -2.22. The fraction of sp³-hybridized carbons (Fsp3) is 0.538. The van der Waals surface area contributed by atoms with Crippen LogP contribution in [0.25, 0.3) is 0 Å². The smallest absolute Gasteiger partial charge is 0.119 e. The molecular formula is C13H20N2O. The molecule has 1 aliphatic rings. The van der Waals surface area contributed by atoms with Crippen LogP contribution >= 0.6 is 0 Å². The number of nitrogens with zero attached hydrogens (tertiary/aromatic N) is 1. The molecule has 0 spiro atoms. The monoisotopic (exact) mass is 220 g/mol. The molecule has 3 heteroatoms. The van der Waals surface area contributed by atoms with Gasteiger partial charge in [-0.2, -0.15) is 0 Å². The highest BCUT2D eigenvalue weighted by molar-refractivity contribution is 5.36. The minimum absolute atomic E-state index is 0.151. The van der Waals surface area contributed by atoms with Crippen LogP contribution in [0.15, 0.2) is 24.3 Å². The SMILES string of the molecule is CN1CCC(N)C(c2ccccc2O)CC1. The molecule has 1 aromatic carbocycles. The maximum atomic E-state index is 9.87. The van der Waals surface area contributed by atoms with Crippen molar-refractivity contribution in [1.82, 2.24) is 4.90 Å². The van der Waals surface area contributed by atoms with E-state index >= 15 is 0 Å². The van der Waals surface area contributed by atoms with Crippen molar-refractivity contribution in [2.45, 2.75) is 24.8 Å². The Hall–Kier alpha value is -1.06. The second-order valence-corrected chi connectivity index (χ2v) is 4.71. The first kappa shape index (κ1) is 11.4. The highest BCUT2D eigenvalue weighted by Gasteiger charge is 2.25. The zero-order valence-electron chi connectivity index (χ0n) is 9.76. The Labute approximate surface area is 96.9 Å². The molecule has 1 heterocycles. The molecule has 0 radical (unpaired) electrons. The molecule has 2 atom stereocenters. The van der Waals surface area contributed by atoms with Crippen LogP contribution in [0.2, 0.25) is 0 Å². The van der Waals surface area contributed by atoms with Gasteiger partial charge in [0.25, 0.3) is 0 Å². The number of nitrogens with two attached hydrogens (primary N) is 1. The van der Waals surface area contributed by atoms with Gasteiger partial charge in [0, 0.05) is 12.0 Å². The summed E-state index contributed by atoms with van der Waals surface area (Å²) >= 11 is 0. The molecule has 0 saturated carbocycles. The van der Waals surface area contributed by atoms with E-state index in [1.807, 2.05) is 18.2 Å². The lowest BCUT2D eigenvalue weighted by molar-refractivity contribution is 0.346. The highest BCUT2D eigenvalue weighted by atomic mass is 16.3. The number of hydrogen-bond acceptors (Lipinski definition) is 3. The molecule has 16 heavy (non-hydrogen) atoms. The Balaban J connectivity index is 2.22. The van der Waals surface area contributed by atoms with E-state index in [0.717, 1.165) is 31.5 Å². The summed E-state index contributed by atoms with van der Waals surface area (Å²) in [5, 5.41) is 9.87. The van der Waals surface area contributed by atoms with Crippen molar-refractivity contribution in [3.63, 3.8) is 0 Å². The van der Waals surface area contributed by atoms with E-state index in [9.17, 15) is 5.11 Å². The summed E-state index contributed by atoms with van der Waals surface area (Å²) in [4.78, 5) is 2.31. The minimum Gasteiger partial charge on any atom is -0.508 e. The molecule has 1 fully saturated rings. The van der Waals surface area contributed by atoms with Crippen molar-refractivity contribution in [1.29, 1.82) is 0 Å². The fourth-order valence-corrected chi connectivity index (χ4v) is 2.44. The summed E-state index contributed by atoms with van der Waals surface area (Å²) in [6.45, 7) is 2.10. The van der Waals surface area contributed by atoms with Gasteiger partial charge in [-0.15, -0.1) is 0 Å². The number of para-hydroxylation sites is 1. The predicted octanol–water partition coefficient (Wildman–Crippen LogP) is 1.53. The molecule has 2 unspecified atom stereocenters. The van der Waals surface area contributed by atoms with Crippen molar-refractivity contribution in [3.05, 3.63) is 29.8 Å². The lowest BCUT2D eigenvalue weighted by atomic mass is 9.88. The van der Waals surface area contributed by atoms with E-state index in [1.165, 1.54) is 0 Å². The molecule has 3 nitrogen and oxygen atoms in total. The van der Waals surface area contributed by atoms with Gasteiger partial charge >= 0.3 is 0 Å². The number of phenolic OH excluding ortho intramolecular Hbond substituents is 1. The lowest BCUT2D eigenvalue weighted by Crippen LogP contribution is -2.28. The molecule has 0 bridgehead atoms. The Bertz CT molecular complexity index is 354. The van der Waals surface area contributed by atoms with Crippen LogP contribution in [0, 0.1) is 0 Å². The number of likely N-dealkylation sites (tertiary alicyclic amines) is 1. The summed E-state index contributed by atoms with van der Waals surface area (Å²) in [5.41, 5.74) is 7.21. The average molecular weight is 220 g/mol. The molecule has 0 aromatic heterocycles. The van der Waals surface area contributed by atoms with Crippen LogP contribution in [-0.4, -0.2) is 36.2 Å². The highest BCUT2D eigenvalue weighted by Crippen LogP contribution is 2.32. The summed E-state index contributed by atoms with van der Waals surface area (Å²) < 4.78 is 0. The van der Waals surface area contributed by atoms with Crippen LogP contribution in [0.1, 0.15) is 24.3 Å². The van der Waals surface area contributed by atoms with Crippen molar-refractivity contribution in [3.8, 4) is 5.75 Å². The Morgan fingerprint density at radius 3 is 2.69 bits per heavy atom. The van der Waals surface area contributed by atoms with Gasteiger partial charge in [-0.05, 0) is 44.6 Å². The molecule has 0 aliphatic carbocycles. The molecule has 1 aliphatic heterocycles. The van der Waals surface area contributed by atoms with Gasteiger partial charge < -0.3 is 15.7 Å². The van der Waals surface area contributed by atoms with Crippen molar-refractivity contribution < 1.29 is 5.11 Å². The van der Waals surface area contributed by atoms with Gasteiger partial charge in [-0.3, -0.25) is 0 Å². The molecule has 88 valence electrons. The Morgan fingerprint density at radius 1 is 1.25 bits per heavy atom. The normalized spacial score (nSPS) is 27.6. The zero-order valence-corrected chi connectivity index (χ0v) is 9.76. The second kappa shape index (κ2) is 4.85. The van der Waals surface area contributed by atoms with Gasteiger partial charge in [0.2, 0.25) is 0 Å². The summed E-state index contributed by atoms with van der Waals surface area (Å²) in [6.07, 6.45) is 2.02. The third-order valence-electron chi connectivity index (χ3n) is 3.52. The predicted molar refractivity (Wildman–Crippen MR) is 65.6 cm³/mol. The number of rotatable bonds is 1. The third kappa shape index (κ3) is 2.36. The molecule has 1 saturated heterocycles. The van der Waals surface area contributed by atoms with Crippen molar-refractivity contribution in [2.24, 2.45) is 5.73 Å². The maximum absolute atomic E-state index is 9.87. The number of hydrogen-bond donors (Lipinski definition) is 2. The van der Waals surface area contributed by atoms with Crippen LogP contribution in [0.4, 0.5) is 0 Å². The Morgan fingerprint density at radius 2 is 1.94 bits per heavy atom. The largest absolute Gasteiger partial charge is 0.508 e. The number of benzene rings is 1. The zero-order chi connectivity index (χ0) is 11.5. The van der Waals surface area contributed by atoms with Gasteiger partial charge in [-0.1, -0.05) is 18.2 Å². The van der Waals surface area contributed by atoms with Crippen LogP contribution in [0.3, 0.4) is 0 Å². The fourth-order valence-electron chi connectivity index (χ4n) is 2.44. The van der Waals surface area contributed by atoms with Crippen molar-refractivity contribution in [2.75, 3.05) is 20.1 Å². The number of phenols is 1. The first-order chi connectivity index (χ1) is 7.68. The molecule has 1 aromatic rings. The van der Waals surface area contributed by atoms with Crippen molar-refractivity contribution >= 4 is 0 Å².